The first kappa shape index (κ1) is 14.7. The molecule has 0 aliphatic rings. The van der Waals surface area contributed by atoms with Crippen molar-refractivity contribution in [1.82, 2.24) is 0 Å². The van der Waals surface area contributed by atoms with Crippen molar-refractivity contribution in [3.8, 4) is 0 Å². The fraction of sp³-hybridized carbons (Fsp3) is 0.200. The molecule has 0 radical (unpaired) electrons. The monoisotopic (exact) mass is 293 g/mol. The SMILES string of the molecule is Cc1ccc(S(=O)(=O)Cc2cc(F)ccc2CN)cc1. The number of hydrogen-bond donors (Lipinski definition) is 1. The van der Waals surface area contributed by atoms with Crippen molar-refractivity contribution in [1.29, 1.82) is 0 Å². The summed E-state index contributed by atoms with van der Waals surface area (Å²) in [6.07, 6.45) is 0. The van der Waals surface area contributed by atoms with Crippen LogP contribution in [0, 0.1) is 12.7 Å². The van der Waals surface area contributed by atoms with Crippen LogP contribution in [0.3, 0.4) is 0 Å². The molecule has 2 rings (SSSR count). The van der Waals surface area contributed by atoms with Gasteiger partial charge in [-0.25, -0.2) is 12.8 Å². The highest BCUT2D eigenvalue weighted by Crippen LogP contribution is 2.20. The maximum absolute atomic E-state index is 13.3. The first-order valence-corrected chi connectivity index (χ1v) is 7.84. The lowest BCUT2D eigenvalue weighted by Gasteiger charge is -2.09. The van der Waals surface area contributed by atoms with E-state index in [0.717, 1.165) is 5.56 Å². The minimum Gasteiger partial charge on any atom is -0.326 e. The quantitative estimate of drug-likeness (QED) is 0.942. The molecule has 0 aliphatic heterocycles. The highest BCUT2D eigenvalue weighted by Gasteiger charge is 2.17. The minimum absolute atomic E-state index is 0.180. The second-order valence-electron chi connectivity index (χ2n) is 4.69. The number of halogens is 1. The van der Waals surface area contributed by atoms with E-state index in [1.54, 1.807) is 24.3 Å². The summed E-state index contributed by atoms with van der Waals surface area (Å²) >= 11 is 0. The molecule has 0 unspecified atom stereocenters. The van der Waals surface area contributed by atoms with E-state index in [4.69, 9.17) is 5.73 Å². The zero-order valence-electron chi connectivity index (χ0n) is 11.1. The Hall–Kier alpha value is -1.72. The molecule has 2 aromatic carbocycles. The van der Waals surface area contributed by atoms with Crippen LogP contribution in [0.15, 0.2) is 47.4 Å². The van der Waals surface area contributed by atoms with Gasteiger partial charge >= 0.3 is 0 Å². The summed E-state index contributed by atoms with van der Waals surface area (Å²) in [5, 5.41) is 0. The molecule has 0 aromatic heterocycles. The Morgan fingerprint density at radius 3 is 2.30 bits per heavy atom. The number of hydrogen-bond acceptors (Lipinski definition) is 3. The lowest BCUT2D eigenvalue weighted by Crippen LogP contribution is -2.09. The van der Waals surface area contributed by atoms with Gasteiger partial charge in [0.25, 0.3) is 0 Å². The van der Waals surface area contributed by atoms with E-state index >= 15 is 0 Å². The van der Waals surface area contributed by atoms with E-state index in [9.17, 15) is 12.8 Å². The second kappa shape index (κ2) is 5.73. The molecular weight excluding hydrogens is 277 g/mol. The molecule has 0 atom stereocenters. The maximum atomic E-state index is 13.3. The normalized spacial score (nSPS) is 11.6. The Morgan fingerprint density at radius 2 is 1.70 bits per heavy atom. The molecule has 0 saturated carbocycles. The van der Waals surface area contributed by atoms with E-state index in [1.165, 1.54) is 18.2 Å². The van der Waals surface area contributed by atoms with Gasteiger partial charge in [0.2, 0.25) is 0 Å². The third-order valence-corrected chi connectivity index (χ3v) is 4.80. The summed E-state index contributed by atoms with van der Waals surface area (Å²) in [6.45, 7) is 2.06. The number of rotatable bonds is 4. The van der Waals surface area contributed by atoms with Crippen LogP contribution in [0.5, 0.6) is 0 Å². The van der Waals surface area contributed by atoms with Crippen molar-refractivity contribution in [3.05, 3.63) is 65.0 Å². The Bertz CT molecular complexity index is 709. The molecule has 0 fully saturated rings. The first-order chi connectivity index (χ1) is 9.42. The average Bonchev–Trinajstić information content (AvgIpc) is 2.39. The molecule has 0 aliphatic carbocycles. The zero-order chi connectivity index (χ0) is 14.8. The summed E-state index contributed by atoms with van der Waals surface area (Å²) in [7, 11) is -3.50. The highest BCUT2D eigenvalue weighted by atomic mass is 32.2. The van der Waals surface area contributed by atoms with Crippen molar-refractivity contribution >= 4 is 9.84 Å². The summed E-state index contributed by atoms with van der Waals surface area (Å²) in [5.74, 6) is -0.711. The van der Waals surface area contributed by atoms with E-state index < -0.39 is 15.7 Å². The first-order valence-electron chi connectivity index (χ1n) is 6.19. The predicted octanol–water partition coefficient (Wildman–Crippen LogP) is 2.57. The van der Waals surface area contributed by atoms with E-state index in [0.29, 0.717) is 11.1 Å². The van der Waals surface area contributed by atoms with E-state index in [-0.39, 0.29) is 17.2 Å². The fourth-order valence-electron chi connectivity index (χ4n) is 1.96. The molecule has 0 bridgehead atoms. The molecule has 5 heteroatoms. The third-order valence-electron chi connectivity index (χ3n) is 3.11. The summed E-state index contributed by atoms with van der Waals surface area (Å²) < 4.78 is 37.9. The van der Waals surface area contributed by atoms with Gasteiger partial charge in [0.1, 0.15) is 5.82 Å². The van der Waals surface area contributed by atoms with Crippen LogP contribution in [0.25, 0.3) is 0 Å². The average molecular weight is 293 g/mol. The van der Waals surface area contributed by atoms with Gasteiger partial charge in [0, 0.05) is 6.54 Å². The van der Waals surface area contributed by atoms with Gasteiger partial charge in [0.05, 0.1) is 10.6 Å². The van der Waals surface area contributed by atoms with Crippen molar-refractivity contribution in [2.45, 2.75) is 24.1 Å². The molecule has 0 spiro atoms. The van der Waals surface area contributed by atoms with Crippen LogP contribution in [0.1, 0.15) is 16.7 Å². The number of aryl methyl sites for hydroxylation is 1. The Morgan fingerprint density at radius 1 is 1.05 bits per heavy atom. The molecule has 0 heterocycles. The summed E-state index contributed by atoms with van der Waals surface area (Å²) in [4.78, 5) is 0.232. The fourth-order valence-corrected chi connectivity index (χ4v) is 3.36. The molecule has 3 nitrogen and oxygen atoms in total. The Balaban J connectivity index is 2.37. The van der Waals surface area contributed by atoms with Crippen molar-refractivity contribution in [3.63, 3.8) is 0 Å². The van der Waals surface area contributed by atoms with Crippen LogP contribution < -0.4 is 5.73 Å². The van der Waals surface area contributed by atoms with Crippen LogP contribution in [-0.2, 0) is 22.1 Å². The molecule has 2 N–H and O–H groups in total. The molecule has 20 heavy (non-hydrogen) atoms. The molecule has 0 amide bonds. The van der Waals surface area contributed by atoms with Gasteiger partial charge in [-0.3, -0.25) is 0 Å². The molecule has 106 valence electrons. The second-order valence-corrected chi connectivity index (χ2v) is 6.68. The van der Waals surface area contributed by atoms with Crippen molar-refractivity contribution < 1.29 is 12.8 Å². The summed E-state index contributed by atoms with van der Waals surface area (Å²) in [6, 6.07) is 10.6. The highest BCUT2D eigenvalue weighted by molar-refractivity contribution is 7.90. The van der Waals surface area contributed by atoms with Gasteiger partial charge in [-0.2, -0.15) is 0 Å². The van der Waals surface area contributed by atoms with Gasteiger partial charge in [-0.15, -0.1) is 0 Å². The van der Waals surface area contributed by atoms with Crippen molar-refractivity contribution in [2.24, 2.45) is 5.73 Å². The molecular formula is C15H16FNO2S. The smallest absolute Gasteiger partial charge is 0.182 e. The summed E-state index contributed by atoms with van der Waals surface area (Å²) in [5.41, 5.74) is 7.60. The topological polar surface area (TPSA) is 60.2 Å². The number of nitrogens with two attached hydrogens (primary N) is 1. The van der Waals surface area contributed by atoms with Crippen LogP contribution in [0.2, 0.25) is 0 Å². The van der Waals surface area contributed by atoms with E-state index in [2.05, 4.69) is 0 Å². The van der Waals surface area contributed by atoms with Gasteiger partial charge < -0.3 is 5.73 Å². The lowest BCUT2D eigenvalue weighted by atomic mass is 10.1. The molecule has 2 aromatic rings. The van der Waals surface area contributed by atoms with E-state index in [1.807, 2.05) is 6.92 Å². The van der Waals surface area contributed by atoms with Gasteiger partial charge in [0.15, 0.2) is 9.84 Å². The van der Waals surface area contributed by atoms with Gasteiger partial charge in [-0.05, 0) is 42.3 Å². The third kappa shape index (κ3) is 3.23. The Kier molecular flexibility index (Phi) is 4.20. The zero-order valence-corrected chi connectivity index (χ0v) is 12.0. The van der Waals surface area contributed by atoms with Crippen LogP contribution in [0.4, 0.5) is 4.39 Å². The minimum atomic E-state index is -3.50. The van der Waals surface area contributed by atoms with Gasteiger partial charge in [-0.1, -0.05) is 23.8 Å². The van der Waals surface area contributed by atoms with Crippen LogP contribution in [-0.4, -0.2) is 8.42 Å². The van der Waals surface area contributed by atoms with Crippen LogP contribution >= 0.6 is 0 Å². The Labute approximate surface area is 118 Å². The van der Waals surface area contributed by atoms with Crippen molar-refractivity contribution in [2.75, 3.05) is 0 Å². The predicted molar refractivity (Wildman–Crippen MR) is 76.4 cm³/mol. The lowest BCUT2D eigenvalue weighted by molar-refractivity contribution is 0.594. The standard InChI is InChI=1S/C15H16FNO2S/c1-11-2-6-15(7-3-11)20(18,19)10-13-8-14(16)5-4-12(13)9-17/h2-8H,9-10,17H2,1H3. The molecule has 0 saturated heterocycles. The largest absolute Gasteiger partial charge is 0.326 e. The maximum Gasteiger partial charge on any atom is 0.182 e. The number of benzene rings is 2. The number of sulfone groups is 1.